The Labute approximate surface area is 105 Å². The summed E-state index contributed by atoms with van der Waals surface area (Å²) in [5.41, 5.74) is 0.612. The molecule has 0 fully saturated rings. The Bertz CT molecular complexity index is 632. The van der Waals surface area contributed by atoms with Crippen molar-refractivity contribution in [2.75, 3.05) is 14.2 Å². The van der Waals surface area contributed by atoms with Gasteiger partial charge in [0, 0.05) is 5.39 Å². The minimum Gasteiger partial charge on any atom is -0.493 e. The lowest BCUT2D eigenvalue weighted by atomic mass is 10.0. The second kappa shape index (κ2) is 4.68. The maximum atomic E-state index is 11.8. The van der Waals surface area contributed by atoms with Gasteiger partial charge in [-0.3, -0.25) is 4.79 Å². The van der Waals surface area contributed by atoms with E-state index in [1.165, 1.54) is 0 Å². The van der Waals surface area contributed by atoms with Crippen LogP contribution in [0.1, 0.15) is 25.5 Å². The molecule has 2 aromatic rings. The smallest absolute Gasteiger partial charge is 0.272 e. The summed E-state index contributed by atoms with van der Waals surface area (Å²) in [6, 6.07) is 3.48. The summed E-state index contributed by atoms with van der Waals surface area (Å²) < 4.78 is 10.5. The zero-order chi connectivity index (χ0) is 13.3. The van der Waals surface area contributed by atoms with Crippen molar-refractivity contribution in [1.82, 2.24) is 10.2 Å². The SMILES string of the molecule is COc1cc2c(C(C)C)n[nH]c(=O)c2cc1OC. The summed E-state index contributed by atoms with van der Waals surface area (Å²) in [6.45, 7) is 4.05. The van der Waals surface area contributed by atoms with Crippen LogP contribution in [0.2, 0.25) is 0 Å². The van der Waals surface area contributed by atoms with Crippen LogP contribution in [0.5, 0.6) is 11.5 Å². The number of aromatic amines is 1. The molecule has 0 saturated heterocycles. The van der Waals surface area contributed by atoms with Gasteiger partial charge in [-0.15, -0.1) is 0 Å². The van der Waals surface area contributed by atoms with Crippen molar-refractivity contribution in [3.8, 4) is 11.5 Å². The minimum atomic E-state index is -0.227. The Balaban J connectivity index is 2.86. The van der Waals surface area contributed by atoms with Gasteiger partial charge in [-0.1, -0.05) is 13.8 Å². The Hall–Kier alpha value is -2.04. The van der Waals surface area contributed by atoms with Crippen LogP contribution in [0.3, 0.4) is 0 Å². The molecule has 0 unspecified atom stereocenters. The van der Waals surface area contributed by atoms with Gasteiger partial charge in [-0.05, 0) is 18.1 Å². The molecule has 5 heteroatoms. The lowest BCUT2D eigenvalue weighted by Gasteiger charge is -2.12. The van der Waals surface area contributed by atoms with Gasteiger partial charge in [0.2, 0.25) is 0 Å². The Morgan fingerprint density at radius 1 is 1.11 bits per heavy atom. The lowest BCUT2D eigenvalue weighted by molar-refractivity contribution is 0.356. The highest BCUT2D eigenvalue weighted by Gasteiger charge is 2.14. The number of methoxy groups -OCH3 is 2. The molecular formula is C13H16N2O3. The quantitative estimate of drug-likeness (QED) is 0.903. The first kappa shape index (κ1) is 12.4. The molecule has 0 aliphatic heterocycles. The molecule has 0 amide bonds. The first-order chi connectivity index (χ1) is 8.58. The monoisotopic (exact) mass is 248 g/mol. The molecule has 0 saturated carbocycles. The standard InChI is InChI=1S/C13H16N2O3/c1-7(2)12-8-5-10(17-3)11(18-4)6-9(8)13(16)15-14-12/h5-7H,1-4H3,(H,15,16). The van der Waals surface area contributed by atoms with Crippen molar-refractivity contribution < 1.29 is 9.47 Å². The number of fused-ring (bicyclic) bond motifs is 1. The number of aromatic nitrogens is 2. The van der Waals surface area contributed by atoms with E-state index in [4.69, 9.17) is 9.47 Å². The maximum Gasteiger partial charge on any atom is 0.272 e. The lowest BCUT2D eigenvalue weighted by Crippen LogP contribution is -2.12. The molecule has 2 rings (SSSR count). The van der Waals surface area contributed by atoms with E-state index in [0.29, 0.717) is 16.9 Å². The number of hydrogen-bond donors (Lipinski definition) is 1. The van der Waals surface area contributed by atoms with Gasteiger partial charge in [0.05, 0.1) is 25.3 Å². The van der Waals surface area contributed by atoms with Gasteiger partial charge >= 0.3 is 0 Å². The summed E-state index contributed by atoms with van der Waals surface area (Å²) in [6.07, 6.45) is 0. The first-order valence-electron chi connectivity index (χ1n) is 5.72. The van der Waals surface area contributed by atoms with Crippen molar-refractivity contribution in [2.24, 2.45) is 0 Å². The average molecular weight is 248 g/mol. The number of hydrogen-bond acceptors (Lipinski definition) is 4. The summed E-state index contributed by atoms with van der Waals surface area (Å²) in [7, 11) is 3.11. The second-order valence-corrected chi connectivity index (χ2v) is 4.35. The van der Waals surface area contributed by atoms with Crippen LogP contribution in [0.4, 0.5) is 0 Å². The Morgan fingerprint density at radius 3 is 2.17 bits per heavy atom. The molecule has 1 aromatic heterocycles. The minimum absolute atomic E-state index is 0.211. The van der Waals surface area contributed by atoms with Gasteiger partial charge in [0.1, 0.15) is 0 Å². The van der Waals surface area contributed by atoms with Crippen molar-refractivity contribution in [1.29, 1.82) is 0 Å². The van der Waals surface area contributed by atoms with Crippen molar-refractivity contribution in [2.45, 2.75) is 19.8 Å². The maximum absolute atomic E-state index is 11.8. The number of nitrogens with one attached hydrogen (secondary N) is 1. The summed E-state index contributed by atoms with van der Waals surface area (Å²) >= 11 is 0. The van der Waals surface area contributed by atoms with E-state index in [-0.39, 0.29) is 11.5 Å². The van der Waals surface area contributed by atoms with Crippen LogP contribution in [-0.4, -0.2) is 24.4 Å². The molecule has 96 valence electrons. The molecule has 0 aliphatic rings. The average Bonchev–Trinajstić information content (AvgIpc) is 2.37. The van der Waals surface area contributed by atoms with E-state index < -0.39 is 0 Å². The molecule has 1 heterocycles. The van der Waals surface area contributed by atoms with Crippen molar-refractivity contribution in [3.05, 3.63) is 28.2 Å². The molecule has 0 aliphatic carbocycles. The summed E-state index contributed by atoms with van der Waals surface area (Å²) in [5, 5.41) is 7.97. The second-order valence-electron chi connectivity index (χ2n) is 4.35. The van der Waals surface area contributed by atoms with Crippen LogP contribution in [0.25, 0.3) is 10.8 Å². The Morgan fingerprint density at radius 2 is 1.67 bits per heavy atom. The molecule has 0 radical (unpaired) electrons. The van der Waals surface area contributed by atoms with Crippen molar-refractivity contribution >= 4 is 10.8 Å². The third-order valence-corrected chi connectivity index (χ3v) is 2.87. The van der Waals surface area contributed by atoms with Crippen LogP contribution in [-0.2, 0) is 0 Å². The molecule has 1 aromatic carbocycles. The highest BCUT2D eigenvalue weighted by atomic mass is 16.5. The fraction of sp³-hybridized carbons (Fsp3) is 0.385. The Kier molecular flexibility index (Phi) is 3.23. The van der Waals surface area contributed by atoms with E-state index in [2.05, 4.69) is 10.2 Å². The summed E-state index contributed by atoms with van der Waals surface area (Å²) in [5.74, 6) is 1.35. The fourth-order valence-corrected chi connectivity index (χ4v) is 1.95. The topological polar surface area (TPSA) is 64.2 Å². The van der Waals surface area contributed by atoms with E-state index in [1.807, 2.05) is 13.8 Å². The van der Waals surface area contributed by atoms with Crippen LogP contribution >= 0.6 is 0 Å². The molecule has 18 heavy (non-hydrogen) atoms. The molecular weight excluding hydrogens is 232 g/mol. The van der Waals surface area contributed by atoms with Gasteiger partial charge < -0.3 is 9.47 Å². The fourth-order valence-electron chi connectivity index (χ4n) is 1.95. The van der Waals surface area contributed by atoms with Gasteiger partial charge in [-0.25, -0.2) is 5.10 Å². The van der Waals surface area contributed by atoms with E-state index >= 15 is 0 Å². The zero-order valence-corrected chi connectivity index (χ0v) is 10.9. The molecule has 1 N–H and O–H groups in total. The van der Waals surface area contributed by atoms with Gasteiger partial charge in [0.25, 0.3) is 5.56 Å². The first-order valence-corrected chi connectivity index (χ1v) is 5.72. The van der Waals surface area contributed by atoms with Crippen LogP contribution in [0.15, 0.2) is 16.9 Å². The number of H-pyrrole nitrogens is 1. The third kappa shape index (κ3) is 1.92. The number of ether oxygens (including phenoxy) is 2. The molecule has 0 atom stereocenters. The van der Waals surface area contributed by atoms with Crippen LogP contribution in [0, 0.1) is 0 Å². The number of nitrogens with zero attached hydrogens (tertiary/aromatic N) is 1. The van der Waals surface area contributed by atoms with Gasteiger partial charge in [-0.2, -0.15) is 5.10 Å². The summed E-state index contributed by atoms with van der Waals surface area (Å²) in [4.78, 5) is 11.8. The van der Waals surface area contributed by atoms with E-state index in [9.17, 15) is 4.79 Å². The van der Waals surface area contributed by atoms with Crippen LogP contribution < -0.4 is 15.0 Å². The third-order valence-electron chi connectivity index (χ3n) is 2.87. The highest BCUT2D eigenvalue weighted by molar-refractivity contribution is 5.87. The molecule has 0 spiro atoms. The van der Waals surface area contributed by atoms with Gasteiger partial charge in [0.15, 0.2) is 11.5 Å². The van der Waals surface area contributed by atoms with E-state index in [0.717, 1.165) is 11.1 Å². The largest absolute Gasteiger partial charge is 0.493 e. The number of benzene rings is 1. The highest BCUT2D eigenvalue weighted by Crippen LogP contribution is 2.33. The molecule has 5 nitrogen and oxygen atoms in total. The normalized spacial score (nSPS) is 10.9. The predicted molar refractivity (Wildman–Crippen MR) is 69.6 cm³/mol. The van der Waals surface area contributed by atoms with E-state index in [1.54, 1.807) is 26.4 Å². The zero-order valence-electron chi connectivity index (χ0n) is 10.9. The van der Waals surface area contributed by atoms with Crippen molar-refractivity contribution in [3.63, 3.8) is 0 Å². The predicted octanol–water partition coefficient (Wildman–Crippen LogP) is 2.06. The number of rotatable bonds is 3. The molecule has 0 bridgehead atoms.